The zero-order valence-electron chi connectivity index (χ0n) is 13.7. The first-order valence-corrected chi connectivity index (χ1v) is 9.10. The number of anilines is 1. The summed E-state index contributed by atoms with van der Waals surface area (Å²) in [6.07, 6.45) is 1.14. The summed E-state index contributed by atoms with van der Waals surface area (Å²) in [5.41, 5.74) is 2.26. The van der Waals surface area contributed by atoms with Gasteiger partial charge in [-0.25, -0.2) is 4.79 Å². The van der Waals surface area contributed by atoms with Crippen molar-refractivity contribution in [1.29, 1.82) is 0 Å². The van der Waals surface area contributed by atoms with Crippen molar-refractivity contribution in [3.8, 4) is 5.75 Å². The molecule has 0 aliphatic carbocycles. The first-order valence-electron chi connectivity index (χ1n) is 8.22. The Morgan fingerprint density at radius 1 is 1.25 bits per heavy atom. The molecule has 3 heterocycles. The molecule has 4 rings (SSSR count). The highest BCUT2D eigenvalue weighted by atomic mass is 32.1. The second-order valence-electron chi connectivity index (χ2n) is 6.31. The summed E-state index contributed by atoms with van der Waals surface area (Å²) in [6.45, 7) is 3.74. The predicted octanol–water partition coefficient (Wildman–Crippen LogP) is 3.03. The molecule has 0 radical (unpaired) electrons. The second-order valence-corrected chi connectivity index (χ2v) is 7.31. The minimum absolute atomic E-state index is 0.0235. The van der Waals surface area contributed by atoms with Crippen LogP contribution >= 0.6 is 11.3 Å². The molecular formula is C18H21N3O2S. The van der Waals surface area contributed by atoms with Crippen LogP contribution in [0.1, 0.15) is 10.4 Å². The number of hydrogen-bond acceptors (Lipinski definition) is 4. The Kier molecular flexibility index (Phi) is 4.16. The molecule has 2 aliphatic rings. The number of fused-ring (bicyclic) bond motifs is 1. The molecule has 1 fully saturated rings. The Hall–Kier alpha value is -2.05. The number of methoxy groups -OCH3 is 1. The molecule has 2 aliphatic heterocycles. The smallest absolute Gasteiger partial charge is 0.321 e. The van der Waals surface area contributed by atoms with E-state index in [9.17, 15) is 4.79 Å². The Bertz CT molecular complexity index is 722. The van der Waals surface area contributed by atoms with Gasteiger partial charge in [0.15, 0.2) is 0 Å². The van der Waals surface area contributed by atoms with E-state index in [2.05, 4.69) is 21.7 Å². The van der Waals surface area contributed by atoms with E-state index < -0.39 is 0 Å². The maximum absolute atomic E-state index is 12.3. The Labute approximate surface area is 145 Å². The third-order valence-corrected chi connectivity index (χ3v) is 5.87. The summed E-state index contributed by atoms with van der Waals surface area (Å²) >= 11 is 1.86. The summed E-state index contributed by atoms with van der Waals surface area (Å²) in [7, 11) is 1.63. The average molecular weight is 343 g/mol. The number of ether oxygens (including phenoxy) is 1. The fourth-order valence-corrected chi connectivity index (χ4v) is 4.20. The van der Waals surface area contributed by atoms with Crippen molar-refractivity contribution in [2.24, 2.45) is 0 Å². The van der Waals surface area contributed by atoms with Crippen LogP contribution in [0, 0.1) is 0 Å². The molecule has 2 aromatic rings. The van der Waals surface area contributed by atoms with Gasteiger partial charge < -0.3 is 15.0 Å². The van der Waals surface area contributed by atoms with Crippen molar-refractivity contribution in [3.05, 3.63) is 46.2 Å². The maximum atomic E-state index is 12.3. The number of likely N-dealkylation sites (tertiary alicyclic amines) is 1. The number of nitrogens with one attached hydrogen (secondary N) is 1. The quantitative estimate of drug-likeness (QED) is 0.932. The van der Waals surface area contributed by atoms with Gasteiger partial charge >= 0.3 is 6.03 Å². The van der Waals surface area contributed by atoms with Crippen molar-refractivity contribution in [3.63, 3.8) is 0 Å². The molecule has 0 atom stereocenters. The van der Waals surface area contributed by atoms with E-state index in [-0.39, 0.29) is 6.03 Å². The zero-order chi connectivity index (χ0) is 16.5. The van der Waals surface area contributed by atoms with Crippen LogP contribution in [0.3, 0.4) is 0 Å². The van der Waals surface area contributed by atoms with E-state index in [0.717, 1.165) is 44.0 Å². The van der Waals surface area contributed by atoms with Gasteiger partial charge in [0.1, 0.15) is 5.75 Å². The zero-order valence-corrected chi connectivity index (χ0v) is 14.5. The molecule has 1 N–H and O–H groups in total. The van der Waals surface area contributed by atoms with Crippen LogP contribution < -0.4 is 10.1 Å². The minimum atomic E-state index is -0.0235. The van der Waals surface area contributed by atoms with Crippen LogP contribution in [-0.4, -0.2) is 48.6 Å². The fourth-order valence-electron chi connectivity index (χ4n) is 3.31. The fraction of sp³-hybridized carbons (Fsp3) is 0.389. The van der Waals surface area contributed by atoms with Crippen LogP contribution in [0.25, 0.3) is 0 Å². The molecular weight excluding hydrogens is 322 g/mol. The lowest BCUT2D eigenvalue weighted by Gasteiger charge is -2.46. The molecule has 5 nitrogen and oxygen atoms in total. The molecule has 126 valence electrons. The van der Waals surface area contributed by atoms with E-state index in [1.807, 2.05) is 40.5 Å². The SMILES string of the molecule is COc1ccc(NC(=O)N2CC(N3CCc4sccc4C3)C2)cc1. The molecule has 24 heavy (non-hydrogen) atoms. The Morgan fingerprint density at radius 2 is 2.04 bits per heavy atom. The monoisotopic (exact) mass is 343 g/mol. The lowest BCUT2D eigenvalue weighted by atomic mass is 10.0. The van der Waals surface area contributed by atoms with Crippen LogP contribution in [0.5, 0.6) is 5.75 Å². The van der Waals surface area contributed by atoms with E-state index in [1.54, 1.807) is 7.11 Å². The molecule has 1 aromatic carbocycles. The standard InChI is InChI=1S/C18H21N3O2S/c1-23-16-4-2-14(3-5-16)19-18(22)21-11-15(12-21)20-8-6-17-13(10-20)7-9-24-17/h2-5,7,9,15H,6,8,10-12H2,1H3,(H,19,22). The van der Waals surface area contributed by atoms with E-state index in [1.165, 1.54) is 10.4 Å². The van der Waals surface area contributed by atoms with Gasteiger partial charge in [-0.3, -0.25) is 4.90 Å². The normalized spacial score (nSPS) is 18.0. The highest BCUT2D eigenvalue weighted by molar-refractivity contribution is 7.10. The molecule has 0 unspecified atom stereocenters. The van der Waals surface area contributed by atoms with Crippen molar-refractivity contribution in [2.45, 2.75) is 19.0 Å². The molecule has 1 aromatic heterocycles. The lowest BCUT2D eigenvalue weighted by Crippen LogP contribution is -2.62. The number of urea groups is 1. The number of thiophene rings is 1. The summed E-state index contributed by atoms with van der Waals surface area (Å²) in [6, 6.07) is 10.1. The van der Waals surface area contributed by atoms with Gasteiger partial charge in [0, 0.05) is 42.8 Å². The molecule has 0 spiro atoms. The van der Waals surface area contributed by atoms with Crippen molar-refractivity contribution >= 4 is 23.1 Å². The maximum Gasteiger partial charge on any atom is 0.321 e. The number of carbonyl (C=O) groups excluding carboxylic acids is 1. The molecule has 1 saturated heterocycles. The number of amides is 2. The van der Waals surface area contributed by atoms with Crippen LogP contribution in [0.15, 0.2) is 35.7 Å². The van der Waals surface area contributed by atoms with E-state index >= 15 is 0 Å². The van der Waals surface area contributed by atoms with Gasteiger partial charge in [0.2, 0.25) is 0 Å². The van der Waals surface area contributed by atoms with Gasteiger partial charge in [-0.05, 0) is 47.7 Å². The summed E-state index contributed by atoms with van der Waals surface area (Å²) in [5.74, 6) is 0.787. The highest BCUT2D eigenvalue weighted by Crippen LogP contribution is 2.28. The second kappa shape index (κ2) is 6.45. The number of nitrogens with zero attached hydrogens (tertiary/aromatic N) is 2. The van der Waals surface area contributed by atoms with Gasteiger partial charge in [0.05, 0.1) is 7.11 Å². The topological polar surface area (TPSA) is 44.8 Å². The number of rotatable bonds is 3. The summed E-state index contributed by atoms with van der Waals surface area (Å²) in [4.78, 5) is 18.2. The van der Waals surface area contributed by atoms with Crippen LogP contribution in [0.2, 0.25) is 0 Å². The number of hydrogen-bond donors (Lipinski definition) is 1. The minimum Gasteiger partial charge on any atom is -0.497 e. The molecule has 2 amide bonds. The first-order chi connectivity index (χ1) is 11.7. The summed E-state index contributed by atoms with van der Waals surface area (Å²) in [5, 5.41) is 5.13. The lowest BCUT2D eigenvalue weighted by molar-refractivity contribution is 0.0533. The molecule has 0 bridgehead atoms. The van der Waals surface area contributed by atoms with Crippen molar-refractivity contribution < 1.29 is 9.53 Å². The van der Waals surface area contributed by atoms with Gasteiger partial charge in [-0.2, -0.15) is 0 Å². The first kappa shape index (κ1) is 15.5. The summed E-state index contributed by atoms with van der Waals surface area (Å²) < 4.78 is 5.13. The average Bonchev–Trinajstić information content (AvgIpc) is 3.02. The third kappa shape index (κ3) is 2.99. The molecule has 6 heteroatoms. The molecule has 0 saturated carbocycles. The highest BCUT2D eigenvalue weighted by Gasteiger charge is 2.36. The van der Waals surface area contributed by atoms with E-state index in [0.29, 0.717) is 6.04 Å². The Morgan fingerprint density at radius 3 is 2.79 bits per heavy atom. The Balaban J connectivity index is 1.28. The largest absolute Gasteiger partial charge is 0.497 e. The van der Waals surface area contributed by atoms with E-state index in [4.69, 9.17) is 4.74 Å². The number of benzene rings is 1. The third-order valence-electron chi connectivity index (χ3n) is 4.84. The van der Waals surface area contributed by atoms with Crippen LogP contribution in [0.4, 0.5) is 10.5 Å². The predicted molar refractivity (Wildman–Crippen MR) is 95.8 cm³/mol. The van der Waals surface area contributed by atoms with Crippen LogP contribution in [-0.2, 0) is 13.0 Å². The van der Waals surface area contributed by atoms with Crippen molar-refractivity contribution in [1.82, 2.24) is 9.80 Å². The van der Waals surface area contributed by atoms with Crippen molar-refractivity contribution in [2.75, 3.05) is 32.1 Å². The van der Waals surface area contributed by atoms with Gasteiger partial charge in [0.25, 0.3) is 0 Å². The van der Waals surface area contributed by atoms with Gasteiger partial charge in [-0.15, -0.1) is 11.3 Å². The van der Waals surface area contributed by atoms with Gasteiger partial charge in [-0.1, -0.05) is 0 Å². The number of carbonyl (C=O) groups is 1.